The van der Waals surface area contributed by atoms with Crippen molar-refractivity contribution in [3.63, 3.8) is 0 Å². The molecule has 2 heterocycles. The quantitative estimate of drug-likeness (QED) is 0.610. The molecule has 1 saturated heterocycles. The number of nitrogens with zero attached hydrogens (tertiary/aromatic N) is 1. The van der Waals surface area contributed by atoms with Crippen LogP contribution in [-0.4, -0.2) is 51.1 Å². The Bertz CT molecular complexity index is 908. The summed E-state index contributed by atoms with van der Waals surface area (Å²) in [6.07, 6.45) is 6.70. The maximum atomic E-state index is 13.4. The zero-order chi connectivity index (χ0) is 22.2. The van der Waals surface area contributed by atoms with Gasteiger partial charge in [-0.05, 0) is 43.9 Å². The number of benzene rings is 2. The van der Waals surface area contributed by atoms with Gasteiger partial charge in [0.25, 0.3) is 5.91 Å². The molecule has 1 amide bonds. The van der Waals surface area contributed by atoms with Crippen molar-refractivity contribution in [2.75, 3.05) is 37.9 Å². The van der Waals surface area contributed by atoms with Crippen LogP contribution in [0.4, 0.5) is 5.69 Å². The number of ether oxygens (including phenoxy) is 4. The molecule has 2 aromatic carbocycles. The molecule has 6 nitrogen and oxygen atoms in total. The summed E-state index contributed by atoms with van der Waals surface area (Å²) in [7, 11) is 0. The fourth-order valence-corrected chi connectivity index (χ4v) is 3.86. The highest BCUT2D eigenvalue weighted by Crippen LogP contribution is 2.34. The lowest BCUT2D eigenvalue weighted by molar-refractivity contribution is -0.132. The number of carbonyl (C=O) groups excluding carboxylic acids is 1. The molecule has 2 aliphatic heterocycles. The van der Waals surface area contributed by atoms with Crippen LogP contribution in [0.3, 0.4) is 0 Å². The van der Waals surface area contributed by atoms with Crippen LogP contribution in [0.5, 0.6) is 11.5 Å². The number of amides is 1. The second-order valence-corrected chi connectivity index (χ2v) is 8.05. The van der Waals surface area contributed by atoms with Gasteiger partial charge in [-0.2, -0.15) is 0 Å². The first kappa shape index (κ1) is 22.4. The second kappa shape index (κ2) is 11.2. The predicted molar refractivity (Wildman–Crippen MR) is 124 cm³/mol. The number of rotatable bonds is 8. The molecule has 2 aromatic rings. The van der Waals surface area contributed by atoms with Crippen LogP contribution in [0.1, 0.15) is 31.7 Å². The average molecular weight is 438 g/mol. The van der Waals surface area contributed by atoms with E-state index >= 15 is 0 Å². The summed E-state index contributed by atoms with van der Waals surface area (Å²) in [5.74, 6) is 1.25. The third-order valence-electron chi connectivity index (χ3n) is 5.66. The third kappa shape index (κ3) is 5.90. The van der Waals surface area contributed by atoms with Crippen LogP contribution in [0, 0.1) is 0 Å². The monoisotopic (exact) mass is 437 g/mol. The third-order valence-corrected chi connectivity index (χ3v) is 5.66. The molecular weight excluding hydrogens is 406 g/mol. The zero-order valence-electron chi connectivity index (χ0n) is 18.6. The van der Waals surface area contributed by atoms with Gasteiger partial charge in [-0.1, -0.05) is 42.5 Å². The van der Waals surface area contributed by atoms with Gasteiger partial charge in [0.15, 0.2) is 11.5 Å². The van der Waals surface area contributed by atoms with Gasteiger partial charge in [0, 0.05) is 24.9 Å². The van der Waals surface area contributed by atoms with Crippen molar-refractivity contribution < 1.29 is 23.7 Å². The van der Waals surface area contributed by atoms with Crippen molar-refractivity contribution in [3.05, 3.63) is 60.2 Å². The first-order valence-corrected chi connectivity index (χ1v) is 11.4. The molecular formula is C26H31NO5. The lowest BCUT2D eigenvalue weighted by Gasteiger charge is -2.28. The Hall–Kier alpha value is -2.83. The van der Waals surface area contributed by atoms with E-state index in [2.05, 4.69) is 0 Å². The molecule has 0 spiro atoms. The van der Waals surface area contributed by atoms with Crippen molar-refractivity contribution in [1.82, 2.24) is 0 Å². The molecule has 0 aliphatic carbocycles. The molecule has 6 heteroatoms. The Morgan fingerprint density at radius 3 is 2.69 bits per heavy atom. The lowest BCUT2D eigenvalue weighted by Crippen LogP contribution is -2.40. The highest BCUT2D eigenvalue weighted by atomic mass is 16.6. The molecule has 170 valence electrons. The van der Waals surface area contributed by atoms with Gasteiger partial charge in [-0.15, -0.1) is 0 Å². The number of hydrogen-bond donors (Lipinski definition) is 0. The summed E-state index contributed by atoms with van der Waals surface area (Å²) in [6.45, 7) is 4.45. The van der Waals surface area contributed by atoms with E-state index in [-0.39, 0.29) is 12.0 Å². The lowest BCUT2D eigenvalue weighted by atomic mass is 10.1. The van der Waals surface area contributed by atoms with Crippen LogP contribution in [0.15, 0.2) is 54.6 Å². The Labute approximate surface area is 189 Å². The van der Waals surface area contributed by atoms with Crippen LogP contribution >= 0.6 is 0 Å². The summed E-state index contributed by atoms with van der Waals surface area (Å²) in [5.41, 5.74) is 1.84. The van der Waals surface area contributed by atoms with E-state index in [1.165, 1.54) is 0 Å². The molecule has 0 saturated carbocycles. The summed E-state index contributed by atoms with van der Waals surface area (Å²) < 4.78 is 23.0. The van der Waals surface area contributed by atoms with E-state index in [0.717, 1.165) is 37.1 Å². The van der Waals surface area contributed by atoms with Crippen molar-refractivity contribution in [1.29, 1.82) is 0 Å². The standard InChI is InChI=1S/C26H31NO5/c1-20(32-19-23-11-5-6-15-29-23)26(28)27(14-7-10-21-8-3-2-4-9-21)22-12-13-24-25(18-22)31-17-16-30-24/h2-4,7-10,12-13,18,20,23H,5-6,11,14-17,19H2,1H3/b10-7+. The Kier molecular flexibility index (Phi) is 7.80. The largest absolute Gasteiger partial charge is 0.486 e. The molecule has 2 atom stereocenters. The summed E-state index contributed by atoms with van der Waals surface area (Å²) >= 11 is 0. The van der Waals surface area contributed by atoms with Crippen molar-refractivity contribution in [3.8, 4) is 11.5 Å². The molecule has 0 N–H and O–H groups in total. The molecule has 2 aliphatic rings. The van der Waals surface area contributed by atoms with Crippen LogP contribution in [0.25, 0.3) is 6.08 Å². The minimum Gasteiger partial charge on any atom is -0.486 e. The van der Waals surface area contributed by atoms with Gasteiger partial charge < -0.3 is 23.8 Å². The smallest absolute Gasteiger partial charge is 0.256 e. The highest BCUT2D eigenvalue weighted by molar-refractivity contribution is 5.97. The SMILES string of the molecule is CC(OCC1CCCCO1)C(=O)N(C/C=C/c1ccccc1)c1ccc2c(c1)OCCO2. The van der Waals surface area contributed by atoms with Gasteiger partial charge in [0.2, 0.25) is 0 Å². The van der Waals surface area contributed by atoms with Crippen LogP contribution in [-0.2, 0) is 14.3 Å². The van der Waals surface area contributed by atoms with Gasteiger partial charge in [0.05, 0.1) is 12.7 Å². The minimum absolute atomic E-state index is 0.0692. The van der Waals surface area contributed by atoms with Crippen LogP contribution in [0.2, 0.25) is 0 Å². The van der Waals surface area contributed by atoms with E-state index in [1.807, 2.05) is 60.7 Å². The number of fused-ring (bicyclic) bond motifs is 1. The molecule has 0 aromatic heterocycles. The summed E-state index contributed by atoms with van der Waals surface area (Å²) in [4.78, 5) is 15.1. The van der Waals surface area contributed by atoms with Crippen LogP contribution < -0.4 is 14.4 Å². The molecule has 1 fully saturated rings. The van der Waals surface area contributed by atoms with E-state index in [0.29, 0.717) is 37.9 Å². The molecule has 2 unspecified atom stereocenters. The van der Waals surface area contributed by atoms with Gasteiger partial charge in [0.1, 0.15) is 19.3 Å². The normalized spacial score (nSPS) is 19.0. The number of anilines is 1. The maximum Gasteiger partial charge on any atom is 0.256 e. The van der Waals surface area contributed by atoms with Crippen molar-refractivity contribution in [2.24, 2.45) is 0 Å². The Morgan fingerprint density at radius 2 is 1.91 bits per heavy atom. The van der Waals surface area contributed by atoms with E-state index < -0.39 is 6.10 Å². The summed E-state index contributed by atoms with van der Waals surface area (Å²) in [6, 6.07) is 15.6. The van der Waals surface area contributed by atoms with Gasteiger partial charge in [-0.25, -0.2) is 0 Å². The Balaban J connectivity index is 1.48. The minimum atomic E-state index is -0.584. The first-order valence-electron chi connectivity index (χ1n) is 11.4. The molecule has 4 rings (SSSR count). The highest BCUT2D eigenvalue weighted by Gasteiger charge is 2.25. The maximum absolute atomic E-state index is 13.4. The predicted octanol–water partition coefficient (Wildman–Crippen LogP) is 4.48. The average Bonchev–Trinajstić information content (AvgIpc) is 2.86. The molecule has 0 bridgehead atoms. The van der Waals surface area contributed by atoms with Crippen molar-refractivity contribution >= 4 is 17.7 Å². The topological polar surface area (TPSA) is 57.2 Å². The molecule has 0 radical (unpaired) electrons. The fourth-order valence-electron chi connectivity index (χ4n) is 3.86. The second-order valence-electron chi connectivity index (χ2n) is 8.05. The van der Waals surface area contributed by atoms with E-state index in [9.17, 15) is 4.79 Å². The molecule has 32 heavy (non-hydrogen) atoms. The zero-order valence-corrected chi connectivity index (χ0v) is 18.6. The van der Waals surface area contributed by atoms with Gasteiger partial charge in [-0.3, -0.25) is 4.79 Å². The number of hydrogen-bond acceptors (Lipinski definition) is 5. The van der Waals surface area contributed by atoms with Gasteiger partial charge >= 0.3 is 0 Å². The first-order chi connectivity index (χ1) is 15.7. The fraction of sp³-hybridized carbons (Fsp3) is 0.423. The van der Waals surface area contributed by atoms with Crippen molar-refractivity contribution in [2.45, 2.75) is 38.4 Å². The Morgan fingerprint density at radius 1 is 1.09 bits per heavy atom. The summed E-state index contributed by atoms with van der Waals surface area (Å²) in [5, 5.41) is 0. The van der Waals surface area contributed by atoms with E-state index in [4.69, 9.17) is 18.9 Å². The van der Waals surface area contributed by atoms with E-state index in [1.54, 1.807) is 11.8 Å². The number of carbonyl (C=O) groups is 1.